The molecular formula is C13H18N2O. The first-order chi connectivity index (χ1) is 7.60. The third kappa shape index (κ3) is 2.16. The standard InChI is InChI=1S/C13H18N2O/c14-12-8-4-7-11(13(12,15)16)9-10-5-2-1-3-6-10/h1-3,5-6,9,12,16H,4,7-8,14-15H2. The van der Waals surface area contributed by atoms with E-state index in [1.807, 2.05) is 36.4 Å². The van der Waals surface area contributed by atoms with Crippen molar-refractivity contribution in [2.45, 2.75) is 31.0 Å². The van der Waals surface area contributed by atoms with Gasteiger partial charge in [0.1, 0.15) is 0 Å². The van der Waals surface area contributed by atoms with E-state index in [1.165, 1.54) is 0 Å². The summed E-state index contributed by atoms with van der Waals surface area (Å²) < 4.78 is 0. The lowest BCUT2D eigenvalue weighted by atomic mass is 9.82. The number of hydrogen-bond acceptors (Lipinski definition) is 3. The SMILES string of the molecule is NC1CCCC(=Cc2ccccc2)C1(N)O. The fourth-order valence-electron chi connectivity index (χ4n) is 2.11. The first kappa shape index (κ1) is 11.3. The molecule has 1 aliphatic rings. The molecule has 2 atom stereocenters. The molecule has 0 aliphatic heterocycles. The molecule has 1 aromatic rings. The predicted molar refractivity (Wildman–Crippen MR) is 65.4 cm³/mol. The molecule has 2 unspecified atom stereocenters. The largest absolute Gasteiger partial charge is 0.370 e. The van der Waals surface area contributed by atoms with Gasteiger partial charge in [-0.3, -0.25) is 5.73 Å². The fraction of sp³-hybridized carbons (Fsp3) is 0.385. The van der Waals surface area contributed by atoms with Gasteiger partial charge in [-0.05, 0) is 30.4 Å². The Morgan fingerprint density at radius 2 is 2.00 bits per heavy atom. The monoisotopic (exact) mass is 218 g/mol. The lowest BCUT2D eigenvalue weighted by Crippen LogP contribution is -2.58. The van der Waals surface area contributed by atoms with Crippen molar-refractivity contribution < 1.29 is 5.11 Å². The Bertz CT molecular complexity index is 384. The van der Waals surface area contributed by atoms with E-state index in [-0.39, 0.29) is 6.04 Å². The summed E-state index contributed by atoms with van der Waals surface area (Å²) in [5.74, 6) is 0. The molecule has 3 nitrogen and oxygen atoms in total. The highest BCUT2D eigenvalue weighted by Crippen LogP contribution is 2.30. The van der Waals surface area contributed by atoms with Crippen molar-refractivity contribution >= 4 is 6.08 Å². The highest BCUT2D eigenvalue weighted by atomic mass is 16.3. The molecule has 0 aromatic heterocycles. The Hall–Kier alpha value is -1.16. The first-order valence-electron chi connectivity index (χ1n) is 5.63. The van der Waals surface area contributed by atoms with Crippen LogP contribution in [0.3, 0.4) is 0 Å². The van der Waals surface area contributed by atoms with E-state index in [1.54, 1.807) is 0 Å². The number of aliphatic hydroxyl groups is 1. The summed E-state index contributed by atoms with van der Waals surface area (Å²) in [5, 5.41) is 10.1. The highest BCUT2D eigenvalue weighted by molar-refractivity contribution is 5.55. The zero-order valence-corrected chi connectivity index (χ0v) is 9.26. The maximum Gasteiger partial charge on any atom is 0.151 e. The maximum atomic E-state index is 10.1. The Labute approximate surface area is 95.8 Å². The van der Waals surface area contributed by atoms with Crippen molar-refractivity contribution in [3.05, 3.63) is 41.5 Å². The van der Waals surface area contributed by atoms with E-state index in [4.69, 9.17) is 11.5 Å². The predicted octanol–water partition coefficient (Wildman–Crippen LogP) is 1.23. The Morgan fingerprint density at radius 1 is 1.31 bits per heavy atom. The fourth-order valence-corrected chi connectivity index (χ4v) is 2.11. The lowest BCUT2D eigenvalue weighted by Gasteiger charge is -2.36. The second-order valence-corrected chi connectivity index (χ2v) is 4.40. The van der Waals surface area contributed by atoms with E-state index in [0.717, 1.165) is 30.4 Å². The van der Waals surface area contributed by atoms with Crippen LogP contribution in [0.2, 0.25) is 0 Å². The van der Waals surface area contributed by atoms with Gasteiger partial charge in [-0.1, -0.05) is 36.4 Å². The van der Waals surface area contributed by atoms with Crippen molar-refractivity contribution in [3.63, 3.8) is 0 Å². The second kappa shape index (κ2) is 4.37. The van der Waals surface area contributed by atoms with E-state index < -0.39 is 5.72 Å². The number of benzene rings is 1. The molecular weight excluding hydrogens is 200 g/mol. The molecule has 1 fully saturated rings. The van der Waals surface area contributed by atoms with E-state index >= 15 is 0 Å². The summed E-state index contributed by atoms with van der Waals surface area (Å²) in [6.45, 7) is 0. The minimum atomic E-state index is -1.35. The second-order valence-electron chi connectivity index (χ2n) is 4.40. The molecule has 86 valence electrons. The minimum Gasteiger partial charge on any atom is -0.370 e. The molecule has 1 aliphatic carbocycles. The summed E-state index contributed by atoms with van der Waals surface area (Å²) in [6.07, 6.45) is 4.52. The summed E-state index contributed by atoms with van der Waals surface area (Å²) in [7, 11) is 0. The summed E-state index contributed by atoms with van der Waals surface area (Å²) in [6, 6.07) is 9.50. The third-order valence-electron chi connectivity index (χ3n) is 3.18. The average molecular weight is 218 g/mol. The van der Waals surface area contributed by atoms with Crippen LogP contribution in [0, 0.1) is 0 Å². The van der Waals surface area contributed by atoms with E-state index in [2.05, 4.69) is 0 Å². The smallest absolute Gasteiger partial charge is 0.151 e. The van der Waals surface area contributed by atoms with Gasteiger partial charge in [-0.2, -0.15) is 0 Å². The molecule has 1 aromatic carbocycles. The average Bonchev–Trinajstić information content (AvgIpc) is 2.27. The van der Waals surface area contributed by atoms with Crippen LogP contribution in [-0.4, -0.2) is 16.9 Å². The topological polar surface area (TPSA) is 72.3 Å². The van der Waals surface area contributed by atoms with Gasteiger partial charge in [0.2, 0.25) is 0 Å². The van der Waals surface area contributed by atoms with E-state index in [9.17, 15) is 5.11 Å². The van der Waals surface area contributed by atoms with Crippen molar-refractivity contribution in [1.29, 1.82) is 0 Å². The number of nitrogens with two attached hydrogens (primary N) is 2. The molecule has 0 bridgehead atoms. The maximum absolute atomic E-state index is 10.1. The zero-order valence-electron chi connectivity index (χ0n) is 9.26. The van der Waals surface area contributed by atoms with Crippen LogP contribution in [0.15, 0.2) is 35.9 Å². The quantitative estimate of drug-likeness (QED) is 0.621. The molecule has 0 amide bonds. The number of hydrogen-bond donors (Lipinski definition) is 3. The van der Waals surface area contributed by atoms with Gasteiger partial charge in [0, 0.05) is 0 Å². The van der Waals surface area contributed by atoms with Crippen molar-refractivity contribution in [1.82, 2.24) is 0 Å². The van der Waals surface area contributed by atoms with E-state index in [0.29, 0.717) is 0 Å². The molecule has 0 spiro atoms. The molecule has 2 rings (SSSR count). The molecule has 0 heterocycles. The number of rotatable bonds is 1. The van der Waals surface area contributed by atoms with Crippen LogP contribution >= 0.6 is 0 Å². The molecule has 16 heavy (non-hydrogen) atoms. The van der Waals surface area contributed by atoms with Gasteiger partial charge < -0.3 is 10.8 Å². The summed E-state index contributed by atoms with van der Waals surface area (Å²) >= 11 is 0. The Kier molecular flexibility index (Phi) is 3.10. The van der Waals surface area contributed by atoms with Gasteiger partial charge in [0.05, 0.1) is 6.04 Å². The van der Waals surface area contributed by atoms with Crippen molar-refractivity contribution in [2.75, 3.05) is 0 Å². The van der Waals surface area contributed by atoms with Crippen LogP contribution in [-0.2, 0) is 0 Å². The van der Waals surface area contributed by atoms with Crippen LogP contribution in [0.4, 0.5) is 0 Å². The first-order valence-corrected chi connectivity index (χ1v) is 5.63. The minimum absolute atomic E-state index is 0.365. The molecule has 5 N–H and O–H groups in total. The molecule has 0 radical (unpaired) electrons. The Balaban J connectivity index is 2.29. The van der Waals surface area contributed by atoms with Crippen LogP contribution in [0.5, 0.6) is 0 Å². The molecule has 0 saturated heterocycles. The van der Waals surface area contributed by atoms with Gasteiger partial charge in [0.15, 0.2) is 5.72 Å². The summed E-state index contributed by atoms with van der Waals surface area (Å²) in [4.78, 5) is 0. The van der Waals surface area contributed by atoms with Crippen LogP contribution in [0.25, 0.3) is 6.08 Å². The van der Waals surface area contributed by atoms with Crippen LogP contribution < -0.4 is 11.5 Å². The zero-order chi connectivity index (χ0) is 11.6. The van der Waals surface area contributed by atoms with Crippen LogP contribution in [0.1, 0.15) is 24.8 Å². The summed E-state index contributed by atoms with van der Waals surface area (Å²) in [5.41, 5.74) is 12.2. The normalized spacial score (nSPS) is 32.9. The third-order valence-corrected chi connectivity index (χ3v) is 3.18. The molecule has 3 heteroatoms. The molecule has 1 saturated carbocycles. The van der Waals surface area contributed by atoms with Gasteiger partial charge in [-0.15, -0.1) is 0 Å². The van der Waals surface area contributed by atoms with Crippen molar-refractivity contribution in [3.8, 4) is 0 Å². The highest BCUT2D eigenvalue weighted by Gasteiger charge is 2.36. The van der Waals surface area contributed by atoms with Gasteiger partial charge >= 0.3 is 0 Å². The van der Waals surface area contributed by atoms with Crippen molar-refractivity contribution in [2.24, 2.45) is 11.5 Å². The van der Waals surface area contributed by atoms with Gasteiger partial charge in [0.25, 0.3) is 0 Å². The van der Waals surface area contributed by atoms with Gasteiger partial charge in [-0.25, -0.2) is 0 Å². The Morgan fingerprint density at radius 3 is 2.69 bits per heavy atom. The lowest BCUT2D eigenvalue weighted by molar-refractivity contribution is 0.0395.